The summed E-state index contributed by atoms with van der Waals surface area (Å²) < 4.78 is 50.4. The van der Waals surface area contributed by atoms with E-state index in [1.807, 2.05) is 31.2 Å². The van der Waals surface area contributed by atoms with Crippen LogP contribution in [0.2, 0.25) is 0 Å². The zero-order chi connectivity index (χ0) is 21.0. The molecule has 3 aromatic rings. The van der Waals surface area contributed by atoms with E-state index in [9.17, 15) is 8.42 Å². The number of nitrogens with zero attached hydrogens (tertiary/aromatic N) is 1. The normalized spacial score (nSPS) is 13.4. The maximum Gasteiger partial charge on any atom is 0.243 e. The van der Waals surface area contributed by atoms with Crippen molar-refractivity contribution in [3.8, 4) is 17.2 Å². The van der Waals surface area contributed by atoms with Gasteiger partial charge in [0.05, 0.1) is 17.7 Å². The standard InChI is InChI=1S/C22H23NO6S/c1-17-5-2-3-7-20(17)27-12-10-23(16-18-6-4-11-26-18)30(24,25)19-8-9-21-22(15-19)29-14-13-28-21/h2-9,11,15H,10,12-14,16H2,1H3. The van der Waals surface area contributed by atoms with Crippen LogP contribution in [-0.2, 0) is 16.6 Å². The average Bonchev–Trinajstić information content (AvgIpc) is 3.27. The monoisotopic (exact) mass is 429 g/mol. The molecule has 0 saturated carbocycles. The predicted molar refractivity (Wildman–Crippen MR) is 110 cm³/mol. The van der Waals surface area contributed by atoms with Gasteiger partial charge in [-0.1, -0.05) is 18.2 Å². The van der Waals surface area contributed by atoms with E-state index in [0.717, 1.165) is 11.3 Å². The highest BCUT2D eigenvalue weighted by atomic mass is 32.2. The van der Waals surface area contributed by atoms with Gasteiger partial charge in [0.25, 0.3) is 0 Å². The molecule has 0 bridgehead atoms. The molecule has 0 aliphatic carbocycles. The highest BCUT2D eigenvalue weighted by molar-refractivity contribution is 7.89. The molecule has 2 aromatic carbocycles. The second-order valence-corrected chi connectivity index (χ2v) is 8.78. The first kappa shape index (κ1) is 20.3. The van der Waals surface area contributed by atoms with Crippen LogP contribution in [0.4, 0.5) is 0 Å². The fourth-order valence-corrected chi connectivity index (χ4v) is 4.58. The van der Waals surface area contributed by atoms with E-state index in [-0.39, 0.29) is 24.6 Å². The molecule has 0 atom stereocenters. The third-order valence-electron chi connectivity index (χ3n) is 4.76. The molecule has 1 aliphatic heterocycles. The molecule has 0 N–H and O–H groups in total. The molecule has 2 heterocycles. The van der Waals surface area contributed by atoms with Gasteiger partial charge in [0.1, 0.15) is 31.3 Å². The Labute approximate surface area is 175 Å². The lowest BCUT2D eigenvalue weighted by atomic mass is 10.2. The summed E-state index contributed by atoms with van der Waals surface area (Å²) in [5.41, 5.74) is 0.991. The Morgan fingerprint density at radius 1 is 1.00 bits per heavy atom. The molecule has 1 aromatic heterocycles. The van der Waals surface area contributed by atoms with Crippen LogP contribution in [0.15, 0.2) is 70.2 Å². The number of fused-ring (bicyclic) bond motifs is 1. The molecular formula is C22H23NO6S. The third kappa shape index (κ3) is 4.44. The number of hydrogen-bond donors (Lipinski definition) is 0. The third-order valence-corrected chi connectivity index (χ3v) is 6.60. The number of furan rings is 1. The van der Waals surface area contributed by atoms with Crippen molar-refractivity contribution in [2.45, 2.75) is 18.4 Å². The summed E-state index contributed by atoms with van der Waals surface area (Å²) in [7, 11) is -3.82. The largest absolute Gasteiger partial charge is 0.492 e. The molecule has 0 radical (unpaired) electrons. The SMILES string of the molecule is Cc1ccccc1OCCN(Cc1ccco1)S(=O)(=O)c1ccc2c(c1)OCCO2. The topological polar surface area (TPSA) is 78.2 Å². The first-order valence-electron chi connectivity index (χ1n) is 9.64. The highest BCUT2D eigenvalue weighted by Crippen LogP contribution is 2.33. The summed E-state index contributed by atoms with van der Waals surface area (Å²) in [4.78, 5) is 0.134. The van der Waals surface area contributed by atoms with Gasteiger partial charge in [-0.25, -0.2) is 8.42 Å². The first-order valence-corrected chi connectivity index (χ1v) is 11.1. The van der Waals surface area contributed by atoms with Gasteiger partial charge < -0.3 is 18.6 Å². The molecule has 158 valence electrons. The van der Waals surface area contributed by atoms with E-state index in [4.69, 9.17) is 18.6 Å². The van der Waals surface area contributed by atoms with Gasteiger partial charge in [-0.15, -0.1) is 0 Å². The van der Waals surface area contributed by atoms with Gasteiger partial charge in [0.15, 0.2) is 11.5 Å². The minimum Gasteiger partial charge on any atom is -0.492 e. The van der Waals surface area contributed by atoms with Crippen LogP contribution in [-0.4, -0.2) is 39.1 Å². The van der Waals surface area contributed by atoms with Gasteiger partial charge in [-0.05, 0) is 42.8 Å². The molecule has 30 heavy (non-hydrogen) atoms. The van der Waals surface area contributed by atoms with Crippen LogP contribution in [0.5, 0.6) is 17.2 Å². The molecule has 0 fully saturated rings. The summed E-state index contributed by atoms with van der Waals surface area (Å²) in [5, 5.41) is 0. The number of rotatable bonds is 8. The minimum atomic E-state index is -3.82. The molecular weight excluding hydrogens is 406 g/mol. The Morgan fingerprint density at radius 3 is 2.57 bits per heavy atom. The first-order chi connectivity index (χ1) is 14.5. The zero-order valence-electron chi connectivity index (χ0n) is 16.6. The van der Waals surface area contributed by atoms with Crippen molar-refractivity contribution in [3.63, 3.8) is 0 Å². The molecule has 4 rings (SSSR count). The smallest absolute Gasteiger partial charge is 0.243 e. The summed E-state index contributed by atoms with van der Waals surface area (Å²) in [5.74, 6) is 2.25. The molecule has 7 nitrogen and oxygen atoms in total. The Bertz CT molecular complexity index is 1090. The van der Waals surface area contributed by atoms with Crippen LogP contribution >= 0.6 is 0 Å². The number of hydrogen-bond acceptors (Lipinski definition) is 6. The molecule has 8 heteroatoms. The lowest BCUT2D eigenvalue weighted by Crippen LogP contribution is -2.34. The van der Waals surface area contributed by atoms with Gasteiger partial charge in [0.2, 0.25) is 10.0 Å². The number of benzene rings is 2. The number of aryl methyl sites for hydroxylation is 1. The second-order valence-electron chi connectivity index (χ2n) is 6.84. The Balaban J connectivity index is 1.55. The molecule has 0 spiro atoms. The van der Waals surface area contributed by atoms with Crippen molar-refractivity contribution in [1.82, 2.24) is 4.31 Å². The van der Waals surface area contributed by atoms with E-state index >= 15 is 0 Å². The van der Waals surface area contributed by atoms with E-state index in [2.05, 4.69) is 0 Å². The van der Waals surface area contributed by atoms with Gasteiger partial charge in [0, 0.05) is 12.6 Å². The number of sulfonamides is 1. The fraction of sp³-hybridized carbons (Fsp3) is 0.273. The quantitative estimate of drug-likeness (QED) is 0.544. The van der Waals surface area contributed by atoms with Crippen molar-refractivity contribution in [2.24, 2.45) is 0 Å². The van der Waals surface area contributed by atoms with Crippen LogP contribution in [0.3, 0.4) is 0 Å². The van der Waals surface area contributed by atoms with E-state index in [0.29, 0.717) is 30.5 Å². The number of ether oxygens (including phenoxy) is 3. The maximum absolute atomic E-state index is 13.4. The Hall–Kier alpha value is -2.97. The van der Waals surface area contributed by atoms with E-state index < -0.39 is 10.0 Å². The second kappa shape index (κ2) is 8.81. The molecule has 1 aliphatic rings. The lowest BCUT2D eigenvalue weighted by Gasteiger charge is -2.23. The van der Waals surface area contributed by atoms with E-state index in [1.165, 1.54) is 22.7 Å². The van der Waals surface area contributed by atoms with Crippen molar-refractivity contribution in [2.75, 3.05) is 26.4 Å². The van der Waals surface area contributed by atoms with Crippen LogP contribution in [0.25, 0.3) is 0 Å². The van der Waals surface area contributed by atoms with Crippen molar-refractivity contribution in [3.05, 3.63) is 72.2 Å². The van der Waals surface area contributed by atoms with Gasteiger partial charge >= 0.3 is 0 Å². The van der Waals surface area contributed by atoms with Crippen molar-refractivity contribution in [1.29, 1.82) is 0 Å². The predicted octanol–water partition coefficient (Wildman–Crippen LogP) is 3.63. The van der Waals surface area contributed by atoms with Gasteiger partial charge in [-0.2, -0.15) is 4.31 Å². The van der Waals surface area contributed by atoms with E-state index in [1.54, 1.807) is 18.2 Å². The summed E-state index contributed by atoms with van der Waals surface area (Å²) in [6, 6.07) is 15.7. The van der Waals surface area contributed by atoms with Crippen molar-refractivity contribution < 1.29 is 27.0 Å². The molecule has 0 amide bonds. The fourth-order valence-electron chi connectivity index (χ4n) is 3.17. The summed E-state index contributed by atoms with van der Waals surface area (Å²) in [6.07, 6.45) is 1.52. The van der Waals surface area contributed by atoms with Crippen LogP contribution in [0.1, 0.15) is 11.3 Å². The summed E-state index contributed by atoms with van der Waals surface area (Å²) in [6.45, 7) is 3.24. The van der Waals surface area contributed by atoms with Crippen LogP contribution < -0.4 is 14.2 Å². The lowest BCUT2D eigenvalue weighted by molar-refractivity contribution is 0.171. The Kier molecular flexibility index (Phi) is 5.96. The minimum absolute atomic E-state index is 0.0981. The van der Waals surface area contributed by atoms with Gasteiger partial charge in [-0.3, -0.25) is 0 Å². The van der Waals surface area contributed by atoms with Crippen LogP contribution in [0, 0.1) is 6.92 Å². The average molecular weight is 429 g/mol. The zero-order valence-corrected chi connectivity index (χ0v) is 17.4. The highest BCUT2D eigenvalue weighted by Gasteiger charge is 2.27. The molecule has 0 saturated heterocycles. The molecule has 0 unspecified atom stereocenters. The summed E-state index contributed by atoms with van der Waals surface area (Å²) >= 11 is 0. The maximum atomic E-state index is 13.4. The number of para-hydroxylation sites is 1. The van der Waals surface area contributed by atoms with Crippen molar-refractivity contribution >= 4 is 10.0 Å². The Morgan fingerprint density at radius 2 is 1.80 bits per heavy atom.